The molecule has 0 heterocycles. The summed E-state index contributed by atoms with van der Waals surface area (Å²) in [5.41, 5.74) is 0.522. The van der Waals surface area contributed by atoms with Crippen LogP contribution in [0.5, 0.6) is 11.5 Å². The van der Waals surface area contributed by atoms with Gasteiger partial charge in [-0.25, -0.2) is 4.39 Å². The zero-order valence-electron chi connectivity index (χ0n) is 15.8. The van der Waals surface area contributed by atoms with Crippen molar-refractivity contribution in [2.45, 2.75) is 26.3 Å². The van der Waals surface area contributed by atoms with Gasteiger partial charge in [0.1, 0.15) is 5.82 Å². The number of amides is 2. The summed E-state index contributed by atoms with van der Waals surface area (Å²) in [5.74, 6) is -0.352. The molecule has 0 aliphatic rings. The lowest BCUT2D eigenvalue weighted by Crippen LogP contribution is -2.40. The van der Waals surface area contributed by atoms with E-state index < -0.39 is 5.91 Å². The molecule has 0 unspecified atom stereocenters. The maximum absolute atomic E-state index is 12.9. The van der Waals surface area contributed by atoms with Crippen molar-refractivity contribution in [3.8, 4) is 11.5 Å². The first-order valence-electron chi connectivity index (χ1n) is 8.37. The largest absolute Gasteiger partial charge is 0.493 e. The van der Waals surface area contributed by atoms with E-state index in [-0.39, 0.29) is 23.9 Å². The Hall–Kier alpha value is -3.09. The monoisotopic (exact) mass is 374 g/mol. The van der Waals surface area contributed by atoms with Crippen LogP contribution in [0.25, 0.3) is 0 Å². The molecule has 0 aliphatic carbocycles. The van der Waals surface area contributed by atoms with Crippen LogP contribution in [0.3, 0.4) is 0 Å². The highest BCUT2D eigenvalue weighted by Gasteiger charge is 2.17. The van der Waals surface area contributed by atoms with Crippen molar-refractivity contribution >= 4 is 17.5 Å². The second kappa shape index (κ2) is 8.53. The van der Waals surface area contributed by atoms with Crippen molar-refractivity contribution in [2.24, 2.45) is 0 Å². The first kappa shape index (κ1) is 20.2. The van der Waals surface area contributed by atoms with Crippen LogP contribution in [-0.4, -0.2) is 31.1 Å². The number of carbonyl (C=O) groups is 2. The van der Waals surface area contributed by atoms with E-state index in [4.69, 9.17) is 9.47 Å². The first-order chi connectivity index (χ1) is 12.7. The van der Waals surface area contributed by atoms with Gasteiger partial charge in [0.15, 0.2) is 18.1 Å². The number of hydrogen-bond acceptors (Lipinski definition) is 4. The predicted molar refractivity (Wildman–Crippen MR) is 101 cm³/mol. The van der Waals surface area contributed by atoms with Crippen molar-refractivity contribution < 1.29 is 23.5 Å². The maximum Gasteiger partial charge on any atom is 0.262 e. The van der Waals surface area contributed by atoms with Gasteiger partial charge in [0, 0.05) is 16.8 Å². The summed E-state index contributed by atoms with van der Waals surface area (Å²) in [6.07, 6.45) is 0. The molecule has 0 saturated carbocycles. The van der Waals surface area contributed by atoms with Gasteiger partial charge < -0.3 is 20.1 Å². The van der Waals surface area contributed by atoms with Gasteiger partial charge in [0.2, 0.25) is 0 Å². The van der Waals surface area contributed by atoms with Gasteiger partial charge in [0.05, 0.1) is 7.11 Å². The number of nitrogens with one attached hydrogen (secondary N) is 2. The fourth-order valence-corrected chi connectivity index (χ4v) is 2.21. The summed E-state index contributed by atoms with van der Waals surface area (Å²) >= 11 is 0. The molecule has 2 aromatic rings. The number of anilines is 1. The number of methoxy groups -OCH3 is 1. The molecular formula is C20H23FN2O4. The van der Waals surface area contributed by atoms with Crippen LogP contribution in [0, 0.1) is 5.82 Å². The molecule has 0 aromatic heterocycles. The average molecular weight is 374 g/mol. The van der Waals surface area contributed by atoms with Crippen LogP contribution in [0.1, 0.15) is 31.1 Å². The minimum Gasteiger partial charge on any atom is -0.493 e. The van der Waals surface area contributed by atoms with Crippen LogP contribution < -0.4 is 20.1 Å². The third-order valence-corrected chi connectivity index (χ3v) is 3.40. The van der Waals surface area contributed by atoms with E-state index in [1.54, 1.807) is 18.2 Å². The highest BCUT2D eigenvalue weighted by atomic mass is 19.1. The quantitative estimate of drug-likeness (QED) is 0.813. The minimum absolute atomic E-state index is 0.235. The number of carbonyl (C=O) groups excluding carboxylic acids is 2. The second-order valence-electron chi connectivity index (χ2n) is 6.91. The molecule has 0 radical (unpaired) electrons. The van der Waals surface area contributed by atoms with Gasteiger partial charge in [-0.1, -0.05) is 0 Å². The van der Waals surface area contributed by atoms with Crippen LogP contribution in [0.2, 0.25) is 0 Å². The van der Waals surface area contributed by atoms with Gasteiger partial charge in [0.25, 0.3) is 11.8 Å². The summed E-state index contributed by atoms with van der Waals surface area (Å²) in [6.45, 7) is 5.40. The van der Waals surface area contributed by atoms with Crippen molar-refractivity contribution in [3.63, 3.8) is 0 Å². The Labute approximate surface area is 157 Å². The Morgan fingerprint density at radius 1 is 1.04 bits per heavy atom. The fourth-order valence-electron chi connectivity index (χ4n) is 2.21. The number of rotatable bonds is 6. The molecule has 2 rings (SSSR count). The Morgan fingerprint density at radius 2 is 1.70 bits per heavy atom. The summed E-state index contributed by atoms with van der Waals surface area (Å²) in [6, 6.07) is 10.1. The SMILES string of the molecule is COc1cc(C(=O)NC(C)(C)C)ccc1OCC(=O)Nc1ccc(F)cc1. The van der Waals surface area contributed by atoms with E-state index in [9.17, 15) is 14.0 Å². The van der Waals surface area contributed by atoms with Crippen molar-refractivity contribution in [1.82, 2.24) is 5.32 Å². The molecule has 7 heteroatoms. The maximum atomic E-state index is 12.9. The standard InChI is InChI=1S/C20H23FN2O4/c1-20(2,3)23-19(25)13-5-10-16(17(11-13)26-4)27-12-18(24)22-15-8-6-14(21)7-9-15/h5-11H,12H2,1-4H3,(H,22,24)(H,23,25). The highest BCUT2D eigenvalue weighted by molar-refractivity contribution is 5.95. The molecule has 0 aliphatic heterocycles. The Bertz CT molecular complexity index is 814. The highest BCUT2D eigenvalue weighted by Crippen LogP contribution is 2.28. The number of ether oxygens (including phenoxy) is 2. The molecule has 144 valence electrons. The topological polar surface area (TPSA) is 76.7 Å². The summed E-state index contributed by atoms with van der Waals surface area (Å²) < 4.78 is 23.6. The summed E-state index contributed by atoms with van der Waals surface area (Å²) in [5, 5.41) is 5.46. The van der Waals surface area contributed by atoms with E-state index in [0.717, 1.165) is 0 Å². The van der Waals surface area contributed by atoms with Crippen molar-refractivity contribution in [3.05, 3.63) is 53.8 Å². The third-order valence-electron chi connectivity index (χ3n) is 3.40. The Balaban J connectivity index is 2.00. The summed E-state index contributed by atoms with van der Waals surface area (Å²) in [4.78, 5) is 24.2. The van der Waals surface area contributed by atoms with Crippen LogP contribution >= 0.6 is 0 Å². The summed E-state index contributed by atoms with van der Waals surface area (Å²) in [7, 11) is 1.45. The molecule has 2 N–H and O–H groups in total. The predicted octanol–water partition coefficient (Wildman–Crippen LogP) is 3.38. The lowest BCUT2D eigenvalue weighted by Gasteiger charge is -2.21. The van der Waals surface area contributed by atoms with Gasteiger partial charge in [-0.3, -0.25) is 9.59 Å². The molecule has 0 spiro atoms. The molecular weight excluding hydrogens is 351 g/mol. The Morgan fingerprint density at radius 3 is 2.30 bits per heavy atom. The Kier molecular flexibility index (Phi) is 6.39. The van der Waals surface area contributed by atoms with E-state index in [1.807, 2.05) is 20.8 Å². The molecule has 0 atom stereocenters. The van der Waals surface area contributed by atoms with Crippen molar-refractivity contribution in [1.29, 1.82) is 0 Å². The van der Waals surface area contributed by atoms with E-state index in [1.165, 1.54) is 31.4 Å². The number of hydrogen-bond donors (Lipinski definition) is 2. The zero-order valence-corrected chi connectivity index (χ0v) is 15.8. The molecule has 0 fully saturated rings. The van der Waals surface area contributed by atoms with E-state index in [2.05, 4.69) is 10.6 Å². The molecule has 6 nitrogen and oxygen atoms in total. The lowest BCUT2D eigenvalue weighted by molar-refractivity contribution is -0.118. The minimum atomic E-state index is -0.404. The van der Waals surface area contributed by atoms with Crippen LogP contribution in [-0.2, 0) is 4.79 Å². The average Bonchev–Trinajstić information content (AvgIpc) is 2.60. The van der Waals surface area contributed by atoms with Gasteiger partial charge >= 0.3 is 0 Å². The molecule has 0 saturated heterocycles. The number of halogens is 1. The molecule has 2 aromatic carbocycles. The first-order valence-corrected chi connectivity index (χ1v) is 8.37. The van der Waals surface area contributed by atoms with Gasteiger partial charge in [-0.15, -0.1) is 0 Å². The van der Waals surface area contributed by atoms with Crippen LogP contribution in [0.15, 0.2) is 42.5 Å². The van der Waals surface area contributed by atoms with E-state index >= 15 is 0 Å². The molecule has 27 heavy (non-hydrogen) atoms. The zero-order chi connectivity index (χ0) is 20.0. The van der Waals surface area contributed by atoms with Gasteiger partial charge in [-0.2, -0.15) is 0 Å². The van der Waals surface area contributed by atoms with Crippen LogP contribution in [0.4, 0.5) is 10.1 Å². The second-order valence-corrected chi connectivity index (χ2v) is 6.91. The van der Waals surface area contributed by atoms with Crippen molar-refractivity contribution in [2.75, 3.05) is 19.0 Å². The smallest absolute Gasteiger partial charge is 0.262 e. The number of benzene rings is 2. The van der Waals surface area contributed by atoms with Gasteiger partial charge in [-0.05, 0) is 63.2 Å². The lowest BCUT2D eigenvalue weighted by atomic mass is 10.1. The normalized spacial score (nSPS) is 10.9. The van der Waals surface area contributed by atoms with E-state index in [0.29, 0.717) is 22.7 Å². The fraction of sp³-hybridized carbons (Fsp3) is 0.300. The molecule has 0 bridgehead atoms. The molecule has 2 amide bonds. The third kappa shape index (κ3) is 6.29.